The Bertz CT molecular complexity index is 898. The molecular formula is C17H16N4O5. The van der Waals surface area contributed by atoms with Gasteiger partial charge in [0.05, 0.1) is 9.85 Å². The van der Waals surface area contributed by atoms with Crippen LogP contribution in [0.3, 0.4) is 0 Å². The van der Waals surface area contributed by atoms with Crippen molar-refractivity contribution in [2.75, 3.05) is 18.0 Å². The van der Waals surface area contributed by atoms with E-state index in [0.717, 1.165) is 18.1 Å². The van der Waals surface area contributed by atoms with E-state index >= 15 is 0 Å². The number of benzene rings is 2. The second-order valence-electron chi connectivity index (χ2n) is 6.07. The lowest BCUT2D eigenvalue weighted by Gasteiger charge is -2.19. The highest BCUT2D eigenvalue weighted by Gasteiger charge is 2.30. The molecule has 1 aliphatic rings. The minimum atomic E-state index is -0.766. The zero-order valence-electron chi connectivity index (χ0n) is 13.7. The first-order chi connectivity index (χ1) is 12.4. The summed E-state index contributed by atoms with van der Waals surface area (Å²) in [6, 6.07) is 11.0. The molecule has 1 fully saturated rings. The minimum Gasteiger partial charge on any atom is -0.371 e. The topological polar surface area (TPSA) is 133 Å². The summed E-state index contributed by atoms with van der Waals surface area (Å²) in [4.78, 5) is 34.1. The fraction of sp³-hybridized carbons (Fsp3) is 0.235. The quantitative estimate of drug-likeness (QED) is 0.646. The van der Waals surface area contributed by atoms with E-state index in [2.05, 4.69) is 0 Å². The van der Waals surface area contributed by atoms with E-state index in [1.165, 1.54) is 12.1 Å². The summed E-state index contributed by atoms with van der Waals surface area (Å²) in [5.41, 5.74) is 6.22. The molecule has 9 nitrogen and oxygen atoms in total. The van der Waals surface area contributed by atoms with Gasteiger partial charge in [-0.25, -0.2) is 0 Å². The highest BCUT2D eigenvalue weighted by atomic mass is 16.6. The fourth-order valence-corrected chi connectivity index (χ4v) is 3.34. The van der Waals surface area contributed by atoms with Crippen molar-refractivity contribution in [3.05, 3.63) is 73.8 Å². The van der Waals surface area contributed by atoms with E-state index in [-0.39, 0.29) is 5.92 Å². The molecule has 9 heteroatoms. The van der Waals surface area contributed by atoms with Crippen LogP contribution in [0, 0.1) is 20.2 Å². The van der Waals surface area contributed by atoms with Gasteiger partial charge in [0.1, 0.15) is 0 Å². The standard InChI is InChI=1S/C17H16N4O5/c18-17(22)14-4-2-1-3-13(14)11-7-8-19(10-11)12-5-6-15(20(23)24)16(9-12)21(25)26/h1-6,9,11H,7-8,10H2,(H2,18,22). The van der Waals surface area contributed by atoms with Crippen molar-refractivity contribution in [1.29, 1.82) is 0 Å². The fourth-order valence-electron chi connectivity index (χ4n) is 3.34. The molecule has 2 N–H and O–H groups in total. The number of primary amides is 1. The van der Waals surface area contributed by atoms with E-state index < -0.39 is 27.1 Å². The number of amides is 1. The summed E-state index contributed by atoms with van der Waals surface area (Å²) >= 11 is 0. The van der Waals surface area contributed by atoms with Crippen LogP contribution in [0.2, 0.25) is 0 Å². The summed E-state index contributed by atoms with van der Waals surface area (Å²) in [5.74, 6) is -0.446. The normalized spacial score (nSPS) is 16.5. The number of nitrogens with zero attached hydrogens (tertiary/aromatic N) is 3. The Morgan fingerprint density at radius 2 is 1.77 bits per heavy atom. The van der Waals surface area contributed by atoms with Crippen molar-refractivity contribution in [3.63, 3.8) is 0 Å². The summed E-state index contributed by atoms with van der Waals surface area (Å²) in [6.07, 6.45) is 0.745. The maximum absolute atomic E-state index is 11.6. The van der Waals surface area contributed by atoms with Gasteiger partial charge < -0.3 is 10.6 Å². The van der Waals surface area contributed by atoms with Crippen LogP contribution in [0.4, 0.5) is 17.1 Å². The molecule has 1 saturated heterocycles. The number of hydrogen-bond donors (Lipinski definition) is 1. The molecule has 2 aromatic carbocycles. The Hall–Kier alpha value is -3.49. The minimum absolute atomic E-state index is 0.0490. The van der Waals surface area contributed by atoms with E-state index in [0.29, 0.717) is 24.3 Å². The molecule has 1 atom stereocenters. The van der Waals surface area contributed by atoms with Crippen LogP contribution >= 0.6 is 0 Å². The van der Waals surface area contributed by atoms with Gasteiger partial charge in [0, 0.05) is 42.4 Å². The van der Waals surface area contributed by atoms with Gasteiger partial charge in [-0.2, -0.15) is 0 Å². The first-order valence-electron chi connectivity index (χ1n) is 7.95. The predicted molar refractivity (Wildman–Crippen MR) is 94.3 cm³/mol. The number of carbonyl (C=O) groups excluding carboxylic acids is 1. The van der Waals surface area contributed by atoms with E-state index in [9.17, 15) is 25.0 Å². The highest BCUT2D eigenvalue weighted by molar-refractivity contribution is 5.94. The van der Waals surface area contributed by atoms with Crippen molar-refractivity contribution in [2.24, 2.45) is 5.73 Å². The number of nitro benzene ring substituents is 2. The van der Waals surface area contributed by atoms with Gasteiger partial charge in [-0.15, -0.1) is 0 Å². The van der Waals surface area contributed by atoms with Crippen LogP contribution in [-0.2, 0) is 0 Å². The average Bonchev–Trinajstić information content (AvgIpc) is 3.11. The third-order valence-corrected chi connectivity index (χ3v) is 4.57. The van der Waals surface area contributed by atoms with E-state index in [4.69, 9.17) is 5.73 Å². The largest absolute Gasteiger partial charge is 0.371 e. The number of anilines is 1. The van der Waals surface area contributed by atoms with Crippen molar-refractivity contribution in [2.45, 2.75) is 12.3 Å². The number of carbonyl (C=O) groups is 1. The molecule has 0 spiro atoms. The first-order valence-corrected chi connectivity index (χ1v) is 7.95. The summed E-state index contributed by atoms with van der Waals surface area (Å²) in [6.45, 7) is 1.16. The monoisotopic (exact) mass is 356 g/mol. The van der Waals surface area contributed by atoms with Gasteiger partial charge in [-0.1, -0.05) is 18.2 Å². The molecule has 0 bridgehead atoms. The molecule has 0 aromatic heterocycles. The van der Waals surface area contributed by atoms with Gasteiger partial charge >= 0.3 is 11.4 Å². The predicted octanol–water partition coefficient (Wildman–Crippen LogP) is 2.60. The third kappa shape index (κ3) is 3.18. The van der Waals surface area contributed by atoms with Crippen molar-refractivity contribution in [1.82, 2.24) is 0 Å². The zero-order valence-corrected chi connectivity index (χ0v) is 13.7. The highest BCUT2D eigenvalue weighted by Crippen LogP contribution is 2.36. The molecule has 3 rings (SSSR count). The Labute approximate surface area is 148 Å². The number of rotatable bonds is 5. The van der Waals surface area contributed by atoms with Gasteiger partial charge in [0.25, 0.3) is 0 Å². The molecule has 2 aromatic rings. The second kappa shape index (κ2) is 6.79. The Balaban J connectivity index is 1.88. The molecular weight excluding hydrogens is 340 g/mol. The van der Waals surface area contributed by atoms with Gasteiger partial charge in [-0.3, -0.25) is 25.0 Å². The molecule has 0 aliphatic carbocycles. The van der Waals surface area contributed by atoms with E-state index in [1.54, 1.807) is 12.1 Å². The molecule has 134 valence electrons. The third-order valence-electron chi connectivity index (χ3n) is 4.57. The first kappa shape index (κ1) is 17.3. The van der Waals surface area contributed by atoms with Gasteiger partial charge in [0.2, 0.25) is 5.91 Å². The lowest BCUT2D eigenvalue weighted by molar-refractivity contribution is -0.422. The smallest absolute Gasteiger partial charge is 0.348 e. The van der Waals surface area contributed by atoms with Crippen molar-refractivity contribution < 1.29 is 14.6 Å². The Kier molecular flexibility index (Phi) is 4.53. The Morgan fingerprint density at radius 1 is 1.08 bits per heavy atom. The maximum atomic E-state index is 11.6. The average molecular weight is 356 g/mol. The summed E-state index contributed by atoms with van der Waals surface area (Å²) in [5, 5.41) is 22.1. The lowest BCUT2D eigenvalue weighted by Crippen LogP contribution is -2.20. The van der Waals surface area contributed by atoms with Crippen LogP contribution in [-0.4, -0.2) is 28.8 Å². The van der Waals surface area contributed by atoms with Crippen LogP contribution in [0.15, 0.2) is 42.5 Å². The van der Waals surface area contributed by atoms with Crippen LogP contribution in [0.25, 0.3) is 0 Å². The number of nitrogens with two attached hydrogens (primary N) is 1. The van der Waals surface area contributed by atoms with Crippen LogP contribution < -0.4 is 10.6 Å². The van der Waals surface area contributed by atoms with Crippen LogP contribution in [0.5, 0.6) is 0 Å². The maximum Gasteiger partial charge on any atom is 0.348 e. The van der Waals surface area contributed by atoms with Crippen molar-refractivity contribution in [3.8, 4) is 0 Å². The molecule has 1 amide bonds. The molecule has 1 aliphatic heterocycles. The summed E-state index contributed by atoms with van der Waals surface area (Å²) < 4.78 is 0. The van der Waals surface area contributed by atoms with Crippen molar-refractivity contribution >= 4 is 23.0 Å². The molecule has 1 unspecified atom stereocenters. The molecule has 0 saturated carbocycles. The zero-order chi connectivity index (χ0) is 18.8. The molecule has 26 heavy (non-hydrogen) atoms. The van der Waals surface area contributed by atoms with E-state index in [1.807, 2.05) is 17.0 Å². The lowest BCUT2D eigenvalue weighted by atomic mass is 9.93. The molecule has 0 radical (unpaired) electrons. The molecule has 1 heterocycles. The SMILES string of the molecule is NC(=O)c1ccccc1C1CCN(c2ccc([N+](=O)[O-])c([N+](=O)[O-])c2)C1. The Morgan fingerprint density at radius 3 is 2.42 bits per heavy atom. The number of hydrogen-bond acceptors (Lipinski definition) is 6. The van der Waals surface area contributed by atoms with Gasteiger partial charge in [0.15, 0.2) is 0 Å². The summed E-state index contributed by atoms with van der Waals surface area (Å²) in [7, 11) is 0. The van der Waals surface area contributed by atoms with Gasteiger partial charge in [-0.05, 0) is 24.1 Å². The number of nitro groups is 2. The second-order valence-corrected chi connectivity index (χ2v) is 6.07. The van der Waals surface area contributed by atoms with Crippen LogP contribution in [0.1, 0.15) is 28.3 Å².